The number of aliphatic carboxylic acids is 1. The van der Waals surface area contributed by atoms with Gasteiger partial charge in [0.05, 0.1) is 6.42 Å². The molecule has 2 aromatic carbocycles. The van der Waals surface area contributed by atoms with Crippen LogP contribution in [0.3, 0.4) is 0 Å². The Morgan fingerprint density at radius 1 is 0.955 bits per heavy atom. The Bertz CT molecular complexity index is 668. The molecule has 0 atom stereocenters. The van der Waals surface area contributed by atoms with Gasteiger partial charge in [-0.1, -0.05) is 31.2 Å². The van der Waals surface area contributed by atoms with Crippen LogP contribution in [-0.4, -0.2) is 21.3 Å². The largest absolute Gasteiger partial charge is 0.508 e. The summed E-state index contributed by atoms with van der Waals surface area (Å²) in [7, 11) is 0. The maximum Gasteiger partial charge on any atom is 0.304 e. The second-order valence-corrected chi connectivity index (χ2v) is 5.91. The van der Waals surface area contributed by atoms with E-state index in [0.29, 0.717) is 11.1 Å². The summed E-state index contributed by atoms with van der Waals surface area (Å²) in [4.78, 5) is 11.4. The number of benzene rings is 2. The highest BCUT2D eigenvalue weighted by molar-refractivity contribution is 5.70. The van der Waals surface area contributed by atoms with Gasteiger partial charge in [-0.15, -0.1) is 0 Å². The summed E-state index contributed by atoms with van der Waals surface area (Å²) in [6.45, 7) is 5.42. The van der Waals surface area contributed by atoms with Gasteiger partial charge in [0.1, 0.15) is 11.5 Å². The fourth-order valence-corrected chi connectivity index (χ4v) is 2.67. The molecule has 0 aliphatic heterocycles. The predicted molar refractivity (Wildman–Crippen MR) is 84.4 cm³/mol. The zero-order valence-corrected chi connectivity index (χ0v) is 12.9. The quantitative estimate of drug-likeness (QED) is 0.807. The molecule has 0 saturated carbocycles. The van der Waals surface area contributed by atoms with Crippen molar-refractivity contribution >= 4 is 5.97 Å². The average molecular weight is 300 g/mol. The zero-order valence-electron chi connectivity index (χ0n) is 12.9. The maximum absolute atomic E-state index is 11.4. The maximum atomic E-state index is 11.4. The molecule has 0 unspecified atom stereocenters. The molecule has 0 aliphatic carbocycles. The number of hydrogen-bond acceptors (Lipinski definition) is 3. The third-order valence-corrected chi connectivity index (χ3v) is 4.17. The van der Waals surface area contributed by atoms with Crippen molar-refractivity contribution in [2.75, 3.05) is 0 Å². The molecule has 0 radical (unpaired) electrons. The van der Waals surface area contributed by atoms with Crippen molar-refractivity contribution in [3.8, 4) is 11.5 Å². The molecule has 0 fully saturated rings. The lowest BCUT2D eigenvalue weighted by Crippen LogP contribution is -2.27. The van der Waals surface area contributed by atoms with Crippen LogP contribution in [0.15, 0.2) is 36.4 Å². The average Bonchev–Trinajstić information content (AvgIpc) is 2.43. The van der Waals surface area contributed by atoms with E-state index in [1.807, 2.05) is 6.92 Å². The van der Waals surface area contributed by atoms with Gasteiger partial charge in [0, 0.05) is 5.41 Å². The first-order valence-corrected chi connectivity index (χ1v) is 7.06. The normalized spacial score (nSPS) is 11.4. The highest BCUT2D eigenvalue weighted by Crippen LogP contribution is 2.38. The molecule has 3 N–H and O–H groups in total. The number of carboxylic acid groups (broad SMARTS) is 1. The number of hydrogen-bond donors (Lipinski definition) is 3. The first-order chi connectivity index (χ1) is 10.2. The SMILES string of the molecule is Cc1cc(C(C)(CC(=O)O)c2ccc(O)c(C)c2)ccc1O. The van der Waals surface area contributed by atoms with Crippen LogP contribution in [0, 0.1) is 13.8 Å². The molecule has 0 amide bonds. The Morgan fingerprint density at radius 2 is 1.36 bits per heavy atom. The van der Waals surface area contributed by atoms with E-state index in [0.717, 1.165) is 11.1 Å². The second kappa shape index (κ2) is 5.72. The number of aromatic hydroxyl groups is 2. The third kappa shape index (κ3) is 2.91. The van der Waals surface area contributed by atoms with Crippen LogP contribution in [0.2, 0.25) is 0 Å². The Morgan fingerprint density at radius 3 is 1.68 bits per heavy atom. The van der Waals surface area contributed by atoms with Gasteiger partial charge in [-0.2, -0.15) is 0 Å². The number of phenols is 2. The number of phenolic OH excluding ortho intramolecular Hbond substituents is 2. The van der Waals surface area contributed by atoms with Gasteiger partial charge in [0.25, 0.3) is 0 Å². The molecule has 2 aromatic rings. The van der Waals surface area contributed by atoms with Crippen molar-refractivity contribution < 1.29 is 20.1 Å². The van der Waals surface area contributed by atoms with Crippen molar-refractivity contribution in [2.24, 2.45) is 0 Å². The Hall–Kier alpha value is -2.49. The minimum absolute atomic E-state index is 0.0819. The first kappa shape index (κ1) is 15.9. The number of aryl methyl sites for hydroxylation is 2. The van der Waals surface area contributed by atoms with E-state index in [1.165, 1.54) is 0 Å². The summed E-state index contributed by atoms with van der Waals surface area (Å²) >= 11 is 0. The van der Waals surface area contributed by atoms with E-state index >= 15 is 0 Å². The van der Waals surface area contributed by atoms with Crippen molar-refractivity contribution in [3.63, 3.8) is 0 Å². The molecule has 2 rings (SSSR count). The molecule has 116 valence electrons. The van der Waals surface area contributed by atoms with Gasteiger partial charge in [0.2, 0.25) is 0 Å². The van der Waals surface area contributed by atoms with Crippen LogP contribution in [0.5, 0.6) is 11.5 Å². The number of carbonyl (C=O) groups is 1. The van der Waals surface area contributed by atoms with Crippen molar-refractivity contribution in [3.05, 3.63) is 58.7 Å². The van der Waals surface area contributed by atoms with E-state index in [4.69, 9.17) is 0 Å². The minimum Gasteiger partial charge on any atom is -0.508 e. The Kier molecular flexibility index (Phi) is 4.13. The highest BCUT2D eigenvalue weighted by Gasteiger charge is 2.32. The lowest BCUT2D eigenvalue weighted by Gasteiger charge is -2.30. The van der Waals surface area contributed by atoms with Gasteiger partial charge in [-0.25, -0.2) is 0 Å². The molecule has 0 heterocycles. The molecule has 4 nitrogen and oxygen atoms in total. The first-order valence-electron chi connectivity index (χ1n) is 7.06. The summed E-state index contributed by atoms with van der Waals surface area (Å²) in [5, 5.41) is 28.7. The molecule has 0 spiro atoms. The van der Waals surface area contributed by atoms with Gasteiger partial charge in [-0.3, -0.25) is 4.79 Å². The van der Waals surface area contributed by atoms with Gasteiger partial charge < -0.3 is 15.3 Å². The molecule has 0 aromatic heterocycles. The zero-order chi connectivity index (χ0) is 16.5. The van der Waals surface area contributed by atoms with Crippen LogP contribution in [-0.2, 0) is 10.2 Å². The van der Waals surface area contributed by atoms with Crippen LogP contribution < -0.4 is 0 Å². The van der Waals surface area contributed by atoms with E-state index < -0.39 is 11.4 Å². The van der Waals surface area contributed by atoms with Crippen LogP contribution >= 0.6 is 0 Å². The lowest BCUT2D eigenvalue weighted by atomic mass is 9.73. The summed E-state index contributed by atoms with van der Waals surface area (Å²) < 4.78 is 0. The fourth-order valence-electron chi connectivity index (χ4n) is 2.67. The fraction of sp³-hybridized carbons (Fsp3) is 0.278. The third-order valence-electron chi connectivity index (χ3n) is 4.17. The number of rotatable bonds is 4. The summed E-state index contributed by atoms with van der Waals surface area (Å²) in [5.74, 6) is -0.537. The van der Waals surface area contributed by atoms with E-state index in [-0.39, 0.29) is 17.9 Å². The molecule has 22 heavy (non-hydrogen) atoms. The van der Waals surface area contributed by atoms with E-state index in [9.17, 15) is 20.1 Å². The Labute approximate surface area is 129 Å². The lowest BCUT2D eigenvalue weighted by molar-refractivity contribution is -0.138. The van der Waals surface area contributed by atoms with Crippen LogP contribution in [0.1, 0.15) is 35.6 Å². The van der Waals surface area contributed by atoms with Gasteiger partial charge >= 0.3 is 5.97 Å². The van der Waals surface area contributed by atoms with E-state index in [1.54, 1.807) is 50.2 Å². The molecule has 0 saturated heterocycles. The van der Waals surface area contributed by atoms with Crippen LogP contribution in [0.4, 0.5) is 0 Å². The predicted octanol–water partition coefficient (Wildman–Crippen LogP) is 3.50. The molecule has 0 aliphatic rings. The molecular formula is C18H20O4. The topological polar surface area (TPSA) is 77.8 Å². The van der Waals surface area contributed by atoms with Crippen molar-refractivity contribution in [2.45, 2.75) is 32.6 Å². The van der Waals surface area contributed by atoms with E-state index in [2.05, 4.69) is 0 Å². The van der Waals surface area contributed by atoms with Gasteiger partial charge in [0.15, 0.2) is 0 Å². The monoisotopic (exact) mass is 300 g/mol. The van der Waals surface area contributed by atoms with Crippen molar-refractivity contribution in [1.82, 2.24) is 0 Å². The summed E-state index contributed by atoms with van der Waals surface area (Å²) in [6, 6.07) is 10.3. The molecule has 4 heteroatoms. The van der Waals surface area contributed by atoms with Crippen molar-refractivity contribution in [1.29, 1.82) is 0 Å². The second-order valence-electron chi connectivity index (χ2n) is 5.91. The highest BCUT2D eigenvalue weighted by atomic mass is 16.4. The Balaban J connectivity index is 2.62. The number of carboxylic acids is 1. The molecule has 0 bridgehead atoms. The summed E-state index contributed by atoms with van der Waals surface area (Å²) in [6.07, 6.45) is -0.0819. The summed E-state index contributed by atoms with van der Waals surface area (Å²) in [5.41, 5.74) is 2.28. The standard InChI is InChI=1S/C18H20O4/c1-11-8-13(4-6-15(11)19)18(3,10-17(21)22)14-5-7-16(20)12(2)9-14/h4-9,19-20H,10H2,1-3H3,(H,21,22). The molecular weight excluding hydrogens is 280 g/mol. The minimum atomic E-state index is -0.904. The van der Waals surface area contributed by atoms with Gasteiger partial charge in [-0.05, 0) is 48.2 Å². The van der Waals surface area contributed by atoms with Crippen LogP contribution in [0.25, 0.3) is 0 Å². The smallest absolute Gasteiger partial charge is 0.304 e.